The van der Waals surface area contributed by atoms with E-state index in [2.05, 4.69) is 4.98 Å². The van der Waals surface area contributed by atoms with Gasteiger partial charge in [0, 0.05) is 12.6 Å². The number of anilines is 1. The summed E-state index contributed by atoms with van der Waals surface area (Å²) in [6, 6.07) is 2.99. The van der Waals surface area contributed by atoms with Crippen molar-refractivity contribution >= 4 is 45.5 Å². The maximum Gasteiger partial charge on any atom is 0.224 e. The molecule has 0 spiro atoms. The zero-order valence-electron chi connectivity index (χ0n) is 10.6. The van der Waals surface area contributed by atoms with Gasteiger partial charge in [-0.05, 0) is 42.5 Å². The van der Waals surface area contributed by atoms with E-state index in [4.69, 9.17) is 11.5 Å². The Bertz CT molecular complexity index is 665. The van der Waals surface area contributed by atoms with Crippen molar-refractivity contribution < 1.29 is 9.18 Å². The number of hydrogen-bond donors (Lipinski definition) is 2. The molecule has 0 radical (unpaired) electrons. The van der Waals surface area contributed by atoms with Gasteiger partial charge < -0.3 is 16.0 Å². The standard InChI is InChI=1S/C12H14FIN4O/c1-12(2,10(15)19)5-18-9-3-6(13)7(14)4-8(9)17-11(18)16/h3-4H,5H2,1-2H3,(H2,15,19)(H2,16,17). The van der Waals surface area contributed by atoms with E-state index in [0.717, 1.165) is 0 Å². The molecule has 1 aromatic carbocycles. The highest BCUT2D eigenvalue weighted by Gasteiger charge is 2.27. The minimum absolute atomic E-state index is 0.241. The number of amides is 1. The lowest BCUT2D eigenvalue weighted by atomic mass is 9.92. The quantitative estimate of drug-likeness (QED) is 0.802. The van der Waals surface area contributed by atoms with Crippen molar-refractivity contribution in [1.82, 2.24) is 9.55 Å². The molecule has 1 amide bonds. The highest BCUT2D eigenvalue weighted by molar-refractivity contribution is 14.1. The summed E-state index contributed by atoms with van der Waals surface area (Å²) in [6.45, 7) is 3.68. The fourth-order valence-electron chi connectivity index (χ4n) is 1.78. The zero-order valence-corrected chi connectivity index (χ0v) is 12.7. The second-order valence-electron chi connectivity index (χ2n) is 5.06. The van der Waals surface area contributed by atoms with Gasteiger partial charge in [0.15, 0.2) is 0 Å². The first kappa shape index (κ1) is 14.0. The van der Waals surface area contributed by atoms with E-state index in [1.54, 1.807) is 24.5 Å². The monoisotopic (exact) mass is 376 g/mol. The predicted octanol–water partition coefficient (Wildman–Crippen LogP) is 1.87. The second kappa shape index (κ2) is 4.62. The number of fused-ring (bicyclic) bond motifs is 1. The molecule has 0 saturated heterocycles. The lowest BCUT2D eigenvalue weighted by molar-refractivity contribution is -0.126. The molecule has 2 aromatic rings. The summed E-state index contributed by atoms with van der Waals surface area (Å²) in [5, 5.41) is 0. The minimum Gasteiger partial charge on any atom is -0.369 e. The van der Waals surface area contributed by atoms with Gasteiger partial charge in [0.25, 0.3) is 0 Å². The molecule has 0 aliphatic carbocycles. The number of imidazole rings is 1. The van der Waals surface area contributed by atoms with Crippen molar-refractivity contribution in [3.05, 3.63) is 21.5 Å². The number of nitrogen functional groups attached to an aromatic ring is 1. The summed E-state index contributed by atoms with van der Waals surface area (Å²) >= 11 is 1.89. The van der Waals surface area contributed by atoms with Crippen LogP contribution in [-0.2, 0) is 11.3 Å². The number of rotatable bonds is 3. The first-order chi connectivity index (χ1) is 8.72. The van der Waals surface area contributed by atoms with Crippen molar-refractivity contribution in [2.75, 3.05) is 5.73 Å². The third-order valence-corrected chi connectivity index (χ3v) is 3.87. The van der Waals surface area contributed by atoms with Gasteiger partial charge in [-0.2, -0.15) is 0 Å². The third kappa shape index (κ3) is 2.51. The van der Waals surface area contributed by atoms with E-state index >= 15 is 0 Å². The Morgan fingerprint density at radius 1 is 1.53 bits per heavy atom. The van der Waals surface area contributed by atoms with Crippen LogP contribution in [0.5, 0.6) is 0 Å². The highest BCUT2D eigenvalue weighted by atomic mass is 127. The van der Waals surface area contributed by atoms with Crippen LogP contribution < -0.4 is 11.5 Å². The molecule has 1 heterocycles. The minimum atomic E-state index is -0.790. The van der Waals surface area contributed by atoms with Crippen LogP contribution in [0.4, 0.5) is 10.3 Å². The van der Waals surface area contributed by atoms with Gasteiger partial charge in [-0.25, -0.2) is 9.37 Å². The first-order valence-electron chi connectivity index (χ1n) is 5.63. The summed E-state index contributed by atoms with van der Waals surface area (Å²) in [6.07, 6.45) is 0. The predicted molar refractivity (Wildman–Crippen MR) is 79.8 cm³/mol. The Kier molecular flexibility index (Phi) is 3.41. The third-order valence-electron chi connectivity index (χ3n) is 3.04. The summed E-state index contributed by atoms with van der Waals surface area (Å²) < 4.78 is 15.7. The average molecular weight is 376 g/mol. The average Bonchev–Trinajstić information content (AvgIpc) is 2.56. The molecule has 0 aliphatic rings. The van der Waals surface area contributed by atoms with Gasteiger partial charge in [0.2, 0.25) is 11.9 Å². The molecule has 5 nitrogen and oxygen atoms in total. The summed E-state index contributed by atoms with van der Waals surface area (Å²) in [7, 11) is 0. The molecule has 0 unspecified atom stereocenters. The summed E-state index contributed by atoms with van der Waals surface area (Å²) in [5.74, 6) is -0.545. The largest absolute Gasteiger partial charge is 0.369 e. The number of nitrogens with zero attached hydrogens (tertiary/aromatic N) is 2. The number of primary amides is 1. The first-order valence-corrected chi connectivity index (χ1v) is 6.71. The number of halogens is 2. The van der Waals surface area contributed by atoms with E-state index in [0.29, 0.717) is 14.6 Å². The molecule has 1 aromatic heterocycles. The highest BCUT2D eigenvalue weighted by Crippen LogP contribution is 2.27. The number of hydrogen-bond acceptors (Lipinski definition) is 3. The number of carbonyl (C=O) groups excluding carboxylic acids is 1. The van der Waals surface area contributed by atoms with Gasteiger partial charge in [-0.1, -0.05) is 0 Å². The molecule has 0 atom stereocenters. The lowest BCUT2D eigenvalue weighted by Gasteiger charge is -2.22. The molecule has 7 heteroatoms. The van der Waals surface area contributed by atoms with Gasteiger partial charge >= 0.3 is 0 Å². The number of aromatic nitrogens is 2. The SMILES string of the molecule is CC(C)(Cn1c(N)nc2cc(I)c(F)cc21)C(N)=O. The number of nitrogens with two attached hydrogens (primary N) is 2. The van der Waals surface area contributed by atoms with Gasteiger partial charge in [-0.3, -0.25) is 4.79 Å². The van der Waals surface area contributed by atoms with Crippen molar-refractivity contribution in [3.63, 3.8) is 0 Å². The molecule has 102 valence electrons. The van der Waals surface area contributed by atoms with Crippen LogP contribution in [0, 0.1) is 14.8 Å². The normalized spacial score (nSPS) is 12.0. The van der Waals surface area contributed by atoms with Crippen molar-refractivity contribution in [3.8, 4) is 0 Å². The van der Waals surface area contributed by atoms with Crippen LogP contribution in [0.25, 0.3) is 11.0 Å². The molecule has 0 bridgehead atoms. The van der Waals surface area contributed by atoms with Crippen LogP contribution in [0.3, 0.4) is 0 Å². The Balaban J connectivity index is 2.58. The van der Waals surface area contributed by atoms with Crippen molar-refractivity contribution in [1.29, 1.82) is 0 Å². The van der Waals surface area contributed by atoms with E-state index in [-0.39, 0.29) is 18.3 Å². The molecule has 4 N–H and O–H groups in total. The Morgan fingerprint density at radius 3 is 2.74 bits per heavy atom. The maximum absolute atomic E-state index is 13.6. The second-order valence-corrected chi connectivity index (χ2v) is 6.22. The van der Waals surface area contributed by atoms with Gasteiger partial charge in [-0.15, -0.1) is 0 Å². The van der Waals surface area contributed by atoms with E-state index < -0.39 is 11.3 Å². The molecule has 0 saturated carbocycles. The Labute approximate surface area is 123 Å². The Morgan fingerprint density at radius 2 is 2.16 bits per heavy atom. The fraction of sp³-hybridized carbons (Fsp3) is 0.333. The van der Waals surface area contributed by atoms with Crippen LogP contribution in [0.2, 0.25) is 0 Å². The van der Waals surface area contributed by atoms with Gasteiger partial charge in [0.05, 0.1) is 20.0 Å². The number of benzene rings is 1. The van der Waals surface area contributed by atoms with E-state index in [1.165, 1.54) is 6.07 Å². The fourth-order valence-corrected chi connectivity index (χ4v) is 2.23. The summed E-state index contributed by atoms with van der Waals surface area (Å²) in [5.41, 5.74) is 11.6. The van der Waals surface area contributed by atoms with Crippen LogP contribution in [0.1, 0.15) is 13.8 Å². The summed E-state index contributed by atoms with van der Waals surface area (Å²) in [4.78, 5) is 15.6. The van der Waals surface area contributed by atoms with Crippen LogP contribution in [0.15, 0.2) is 12.1 Å². The molecule has 0 aliphatic heterocycles. The maximum atomic E-state index is 13.6. The molecule has 0 fully saturated rings. The lowest BCUT2D eigenvalue weighted by Crippen LogP contribution is -2.35. The molecule has 2 rings (SSSR count). The Hall–Kier alpha value is -1.38. The van der Waals surface area contributed by atoms with Crippen LogP contribution >= 0.6 is 22.6 Å². The number of carbonyl (C=O) groups is 1. The van der Waals surface area contributed by atoms with E-state index in [9.17, 15) is 9.18 Å². The topological polar surface area (TPSA) is 86.9 Å². The smallest absolute Gasteiger partial charge is 0.224 e. The van der Waals surface area contributed by atoms with E-state index in [1.807, 2.05) is 22.6 Å². The van der Waals surface area contributed by atoms with Crippen molar-refractivity contribution in [2.24, 2.45) is 11.1 Å². The molecular weight excluding hydrogens is 362 g/mol. The van der Waals surface area contributed by atoms with Crippen molar-refractivity contribution in [2.45, 2.75) is 20.4 Å². The zero-order chi connectivity index (χ0) is 14.4. The molecule has 19 heavy (non-hydrogen) atoms. The molecular formula is C12H14FIN4O. The van der Waals surface area contributed by atoms with Gasteiger partial charge in [0.1, 0.15) is 5.82 Å². The van der Waals surface area contributed by atoms with Crippen LogP contribution in [-0.4, -0.2) is 15.5 Å².